The van der Waals surface area contributed by atoms with Crippen LogP contribution in [0.5, 0.6) is 0 Å². The maximum absolute atomic E-state index is 8.81. The molecule has 0 N–H and O–H groups in total. The second-order valence-corrected chi connectivity index (χ2v) is 5.82. The molecule has 0 bridgehead atoms. The number of aryl methyl sites for hydroxylation is 1. The first-order valence-corrected chi connectivity index (χ1v) is 6.39. The van der Waals surface area contributed by atoms with Gasteiger partial charge in [0.15, 0.2) is 0 Å². The standard InChI is InChI=1S/C17H18N2/c1-12-5-7-14(17(2,3)4)9-15(12)16-8-6-13(10-18)11-19-16/h5-9,11H,1-4H3. The van der Waals surface area contributed by atoms with Crippen LogP contribution in [0.1, 0.15) is 37.5 Å². The predicted molar refractivity (Wildman–Crippen MR) is 77.8 cm³/mol. The van der Waals surface area contributed by atoms with Crippen LogP contribution in [0, 0.1) is 18.3 Å². The molecule has 0 fully saturated rings. The third-order valence-corrected chi connectivity index (χ3v) is 3.27. The molecule has 96 valence electrons. The van der Waals surface area contributed by atoms with Gasteiger partial charge < -0.3 is 0 Å². The van der Waals surface area contributed by atoms with Crippen molar-refractivity contribution in [1.82, 2.24) is 4.98 Å². The van der Waals surface area contributed by atoms with Gasteiger partial charge in [-0.05, 0) is 41.7 Å². The first-order valence-electron chi connectivity index (χ1n) is 6.39. The Balaban J connectivity index is 2.52. The maximum atomic E-state index is 8.81. The van der Waals surface area contributed by atoms with Crippen LogP contribution in [0.2, 0.25) is 0 Å². The Bertz CT molecular complexity index is 626. The van der Waals surface area contributed by atoms with Crippen LogP contribution >= 0.6 is 0 Å². The van der Waals surface area contributed by atoms with Gasteiger partial charge in [0.1, 0.15) is 6.07 Å². The zero-order valence-electron chi connectivity index (χ0n) is 11.9. The normalized spacial score (nSPS) is 11.1. The smallest absolute Gasteiger partial charge is 0.101 e. The minimum Gasteiger partial charge on any atom is -0.255 e. The monoisotopic (exact) mass is 250 g/mol. The molecule has 0 radical (unpaired) electrons. The first kappa shape index (κ1) is 13.3. The number of pyridine rings is 1. The van der Waals surface area contributed by atoms with Gasteiger partial charge in [0.25, 0.3) is 0 Å². The Morgan fingerprint density at radius 3 is 2.37 bits per heavy atom. The van der Waals surface area contributed by atoms with Crippen molar-refractivity contribution in [3.63, 3.8) is 0 Å². The summed E-state index contributed by atoms with van der Waals surface area (Å²) in [5.41, 5.74) is 5.26. The molecule has 1 aromatic heterocycles. The lowest BCUT2D eigenvalue weighted by Gasteiger charge is -2.20. The second-order valence-electron chi connectivity index (χ2n) is 5.82. The molecule has 0 aliphatic rings. The molecule has 2 nitrogen and oxygen atoms in total. The van der Waals surface area contributed by atoms with Crippen LogP contribution in [0.25, 0.3) is 11.3 Å². The van der Waals surface area contributed by atoms with Crippen molar-refractivity contribution in [2.24, 2.45) is 0 Å². The number of benzene rings is 1. The average molecular weight is 250 g/mol. The van der Waals surface area contributed by atoms with Crippen molar-refractivity contribution in [1.29, 1.82) is 5.26 Å². The molecular weight excluding hydrogens is 232 g/mol. The molecule has 0 unspecified atom stereocenters. The lowest BCUT2D eigenvalue weighted by Crippen LogP contribution is -2.11. The molecule has 0 spiro atoms. The minimum atomic E-state index is 0.120. The highest BCUT2D eigenvalue weighted by atomic mass is 14.7. The van der Waals surface area contributed by atoms with Gasteiger partial charge in [-0.1, -0.05) is 32.9 Å². The minimum absolute atomic E-state index is 0.120. The van der Waals surface area contributed by atoms with Gasteiger partial charge in [0, 0.05) is 11.8 Å². The molecular formula is C17H18N2. The third kappa shape index (κ3) is 2.82. The van der Waals surface area contributed by atoms with E-state index < -0.39 is 0 Å². The van der Waals surface area contributed by atoms with E-state index in [1.165, 1.54) is 11.1 Å². The molecule has 2 heteroatoms. The van der Waals surface area contributed by atoms with E-state index >= 15 is 0 Å². The summed E-state index contributed by atoms with van der Waals surface area (Å²) in [7, 11) is 0. The van der Waals surface area contributed by atoms with Crippen molar-refractivity contribution in [3.8, 4) is 17.3 Å². The fourth-order valence-electron chi connectivity index (χ4n) is 1.98. The molecule has 2 aromatic rings. The van der Waals surface area contributed by atoms with Crippen LogP contribution < -0.4 is 0 Å². The molecule has 0 aliphatic heterocycles. The van der Waals surface area contributed by atoms with E-state index in [0.717, 1.165) is 11.3 Å². The summed E-state index contributed by atoms with van der Waals surface area (Å²) in [5.74, 6) is 0. The Morgan fingerprint density at radius 1 is 1.11 bits per heavy atom. The van der Waals surface area contributed by atoms with E-state index in [-0.39, 0.29) is 5.41 Å². The van der Waals surface area contributed by atoms with Gasteiger partial charge >= 0.3 is 0 Å². The Kier molecular flexibility index (Phi) is 3.40. The molecule has 0 aliphatic carbocycles. The number of nitrogens with zero attached hydrogens (tertiary/aromatic N) is 2. The quantitative estimate of drug-likeness (QED) is 0.759. The number of hydrogen-bond donors (Lipinski definition) is 0. The highest BCUT2D eigenvalue weighted by molar-refractivity contribution is 5.65. The summed E-state index contributed by atoms with van der Waals surface area (Å²) < 4.78 is 0. The van der Waals surface area contributed by atoms with E-state index in [2.05, 4.69) is 56.9 Å². The van der Waals surface area contributed by atoms with Crippen molar-refractivity contribution < 1.29 is 0 Å². The molecule has 0 saturated heterocycles. The number of aromatic nitrogens is 1. The van der Waals surface area contributed by atoms with Gasteiger partial charge in [-0.25, -0.2) is 0 Å². The number of hydrogen-bond acceptors (Lipinski definition) is 2. The summed E-state index contributed by atoms with van der Waals surface area (Å²) in [5, 5.41) is 8.81. The molecule has 0 amide bonds. The van der Waals surface area contributed by atoms with Crippen LogP contribution in [-0.2, 0) is 5.41 Å². The number of rotatable bonds is 1. The Hall–Kier alpha value is -2.14. The van der Waals surface area contributed by atoms with Crippen LogP contribution in [0.3, 0.4) is 0 Å². The van der Waals surface area contributed by atoms with Crippen molar-refractivity contribution >= 4 is 0 Å². The highest BCUT2D eigenvalue weighted by Crippen LogP contribution is 2.29. The number of nitriles is 1. The topological polar surface area (TPSA) is 36.7 Å². The van der Waals surface area contributed by atoms with Crippen LogP contribution in [-0.4, -0.2) is 4.98 Å². The van der Waals surface area contributed by atoms with Gasteiger partial charge in [-0.15, -0.1) is 0 Å². The van der Waals surface area contributed by atoms with Gasteiger partial charge in [0.05, 0.1) is 11.3 Å². The molecule has 0 saturated carbocycles. The fraction of sp³-hybridized carbons (Fsp3) is 0.294. The summed E-state index contributed by atoms with van der Waals surface area (Å²) in [6.07, 6.45) is 1.62. The lowest BCUT2D eigenvalue weighted by atomic mass is 9.85. The van der Waals surface area contributed by atoms with Crippen LogP contribution in [0.4, 0.5) is 0 Å². The maximum Gasteiger partial charge on any atom is 0.101 e. The second kappa shape index (κ2) is 4.85. The van der Waals surface area contributed by atoms with E-state index in [1.807, 2.05) is 12.1 Å². The zero-order valence-corrected chi connectivity index (χ0v) is 11.9. The SMILES string of the molecule is Cc1ccc(C(C)(C)C)cc1-c1ccc(C#N)cn1. The largest absolute Gasteiger partial charge is 0.255 e. The van der Waals surface area contributed by atoms with E-state index in [4.69, 9.17) is 5.26 Å². The summed E-state index contributed by atoms with van der Waals surface area (Å²) in [4.78, 5) is 4.38. The average Bonchev–Trinajstić information content (AvgIpc) is 2.38. The summed E-state index contributed by atoms with van der Waals surface area (Å²) in [6, 6.07) is 12.3. The molecule has 2 rings (SSSR count). The first-order chi connectivity index (χ1) is 8.91. The van der Waals surface area contributed by atoms with E-state index in [1.54, 1.807) is 6.20 Å². The third-order valence-electron chi connectivity index (χ3n) is 3.27. The zero-order chi connectivity index (χ0) is 14.0. The van der Waals surface area contributed by atoms with Gasteiger partial charge in [0.2, 0.25) is 0 Å². The Morgan fingerprint density at radius 2 is 1.84 bits per heavy atom. The predicted octanol–water partition coefficient (Wildman–Crippen LogP) is 4.23. The lowest BCUT2D eigenvalue weighted by molar-refractivity contribution is 0.590. The van der Waals surface area contributed by atoms with Gasteiger partial charge in [-0.2, -0.15) is 5.26 Å². The molecule has 0 atom stereocenters. The molecule has 19 heavy (non-hydrogen) atoms. The van der Waals surface area contributed by atoms with Crippen molar-refractivity contribution in [3.05, 3.63) is 53.2 Å². The highest BCUT2D eigenvalue weighted by Gasteiger charge is 2.15. The Labute approximate surface area is 114 Å². The van der Waals surface area contributed by atoms with Crippen LogP contribution in [0.15, 0.2) is 36.5 Å². The van der Waals surface area contributed by atoms with E-state index in [0.29, 0.717) is 5.56 Å². The van der Waals surface area contributed by atoms with Crippen molar-refractivity contribution in [2.75, 3.05) is 0 Å². The van der Waals surface area contributed by atoms with Gasteiger partial charge in [-0.3, -0.25) is 4.98 Å². The molecule has 1 heterocycles. The van der Waals surface area contributed by atoms with E-state index in [9.17, 15) is 0 Å². The summed E-state index contributed by atoms with van der Waals surface area (Å²) in [6.45, 7) is 8.69. The van der Waals surface area contributed by atoms with Crippen molar-refractivity contribution in [2.45, 2.75) is 33.1 Å². The fourth-order valence-corrected chi connectivity index (χ4v) is 1.98. The molecule has 1 aromatic carbocycles. The summed E-state index contributed by atoms with van der Waals surface area (Å²) >= 11 is 0.